The highest BCUT2D eigenvalue weighted by Gasteiger charge is 2.20. The summed E-state index contributed by atoms with van der Waals surface area (Å²) in [6.07, 6.45) is 0.428. The van der Waals surface area contributed by atoms with E-state index in [4.69, 9.17) is 14.6 Å². The molecule has 110 valence electrons. The van der Waals surface area contributed by atoms with Gasteiger partial charge >= 0.3 is 5.97 Å². The van der Waals surface area contributed by atoms with Crippen LogP contribution in [0.3, 0.4) is 0 Å². The minimum absolute atomic E-state index is 0.182. The number of hydrogen-bond donors (Lipinski definition) is 2. The van der Waals surface area contributed by atoms with Crippen LogP contribution in [0, 0.1) is 0 Å². The molecule has 1 aromatic carbocycles. The van der Waals surface area contributed by atoms with Crippen molar-refractivity contribution in [2.75, 3.05) is 14.2 Å². The van der Waals surface area contributed by atoms with Crippen LogP contribution in [0.4, 0.5) is 0 Å². The molecule has 1 amide bonds. The number of nitrogens with one attached hydrogen (secondary N) is 1. The van der Waals surface area contributed by atoms with Crippen molar-refractivity contribution in [2.45, 2.75) is 25.8 Å². The van der Waals surface area contributed by atoms with Gasteiger partial charge in [0.15, 0.2) is 11.5 Å². The Labute approximate surface area is 117 Å². The number of carbonyl (C=O) groups is 2. The Morgan fingerprint density at radius 1 is 1.25 bits per heavy atom. The van der Waals surface area contributed by atoms with Gasteiger partial charge in [-0.15, -0.1) is 0 Å². The van der Waals surface area contributed by atoms with Crippen LogP contribution in [0.1, 0.15) is 18.9 Å². The van der Waals surface area contributed by atoms with E-state index in [1.54, 1.807) is 25.1 Å². The molecule has 1 atom stereocenters. The molecule has 20 heavy (non-hydrogen) atoms. The molecule has 1 aromatic rings. The van der Waals surface area contributed by atoms with Gasteiger partial charge in [0.25, 0.3) is 0 Å². The number of carbonyl (C=O) groups excluding carboxylic acids is 1. The highest BCUT2D eigenvalue weighted by Crippen LogP contribution is 2.27. The fourth-order valence-electron chi connectivity index (χ4n) is 1.74. The maximum atomic E-state index is 11.3. The quantitative estimate of drug-likeness (QED) is 0.785. The number of carboxylic acids is 1. The van der Waals surface area contributed by atoms with E-state index in [9.17, 15) is 9.59 Å². The summed E-state index contributed by atoms with van der Waals surface area (Å²) in [5.41, 5.74) is 0.742. The van der Waals surface area contributed by atoms with Gasteiger partial charge in [-0.05, 0) is 17.7 Å². The van der Waals surface area contributed by atoms with E-state index in [1.165, 1.54) is 14.2 Å². The molecule has 6 heteroatoms. The third-order valence-corrected chi connectivity index (χ3v) is 2.84. The van der Waals surface area contributed by atoms with Crippen LogP contribution >= 0.6 is 0 Å². The summed E-state index contributed by atoms with van der Waals surface area (Å²) < 4.78 is 10.3. The smallest absolute Gasteiger partial charge is 0.326 e. The Bertz CT molecular complexity index is 486. The maximum absolute atomic E-state index is 11.3. The van der Waals surface area contributed by atoms with Crippen molar-refractivity contribution in [3.05, 3.63) is 23.8 Å². The van der Waals surface area contributed by atoms with E-state index in [2.05, 4.69) is 5.32 Å². The maximum Gasteiger partial charge on any atom is 0.326 e. The average molecular weight is 281 g/mol. The highest BCUT2D eigenvalue weighted by atomic mass is 16.5. The molecule has 0 heterocycles. The predicted molar refractivity (Wildman–Crippen MR) is 73.1 cm³/mol. The van der Waals surface area contributed by atoms with E-state index >= 15 is 0 Å². The monoisotopic (exact) mass is 281 g/mol. The summed E-state index contributed by atoms with van der Waals surface area (Å²) >= 11 is 0. The van der Waals surface area contributed by atoms with Gasteiger partial charge in [-0.25, -0.2) is 4.79 Å². The number of rotatable bonds is 7. The first-order valence-corrected chi connectivity index (χ1v) is 6.24. The molecule has 1 rings (SSSR count). The lowest BCUT2D eigenvalue weighted by Gasteiger charge is -2.15. The van der Waals surface area contributed by atoms with Gasteiger partial charge in [-0.1, -0.05) is 13.0 Å². The van der Waals surface area contributed by atoms with Gasteiger partial charge in [0, 0.05) is 12.8 Å². The molecule has 0 aliphatic heterocycles. The zero-order chi connectivity index (χ0) is 15.1. The standard InChI is InChI=1S/C14H19NO5/c1-4-13(16)15-10(14(17)18)7-9-5-6-11(19-2)12(8-9)20-3/h5-6,8,10H,4,7H2,1-3H3,(H,15,16)(H,17,18)/t10-/m0/s1. The minimum Gasteiger partial charge on any atom is -0.493 e. The Morgan fingerprint density at radius 3 is 2.40 bits per heavy atom. The molecule has 0 saturated carbocycles. The molecule has 0 saturated heterocycles. The molecule has 0 fully saturated rings. The SMILES string of the molecule is CCC(=O)N[C@@H](Cc1ccc(OC)c(OC)c1)C(=O)O. The first-order chi connectivity index (χ1) is 9.51. The van der Waals surface area contributed by atoms with Crippen molar-refractivity contribution in [2.24, 2.45) is 0 Å². The molecule has 0 spiro atoms. The number of carboxylic acid groups (broad SMARTS) is 1. The normalized spacial score (nSPS) is 11.6. The fourth-order valence-corrected chi connectivity index (χ4v) is 1.74. The summed E-state index contributed by atoms with van der Waals surface area (Å²) in [7, 11) is 3.04. The molecule has 2 N–H and O–H groups in total. The summed E-state index contributed by atoms with van der Waals surface area (Å²) in [6, 6.07) is 4.19. The van der Waals surface area contributed by atoms with Crippen molar-refractivity contribution < 1.29 is 24.2 Å². The zero-order valence-corrected chi connectivity index (χ0v) is 11.8. The number of aliphatic carboxylic acids is 1. The topological polar surface area (TPSA) is 84.9 Å². The molecular formula is C14H19NO5. The van der Waals surface area contributed by atoms with Crippen molar-refractivity contribution in [3.8, 4) is 11.5 Å². The van der Waals surface area contributed by atoms with Crippen LogP contribution in [0.15, 0.2) is 18.2 Å². The Morgan fingerprint density at radius 2 is 1.90 bits per heavy atom. The van der Waals surface area contributed by atoms with Gasteiger partial charge in [0.05, 0.1) is 14.2 Å². The molecule has 0 bridgehead atoms. The van der Waals surface area contributed by atoms with E-state index in [0.29, 0.717) is 11.5 Å². The fraction of sp³-hybridized carbons (Fsp3) is 0.429. The van der Waals surface area contributed by atoms with E-state index in [0.717, 1.165) is 5.56 Å². The van der Waals surface area contributed by atoms with Crippen LogP contribution in [0.5, 0.6) is 11.5 Å². The highest BCUT2D eigenvalue weighted by molar-refractivity contribution is 5.83. The first-order valence-electron chi connectivity index (χ1n) is 6.24. The second kappa shape index (κ2) is 7.37. The number of hydrogen-bond acceptors (Lipinski definition) is 4. The van der Waals surface area contributed by atoms with E-state index in [1.807, 2.05) is 0 Å². The summed E-state index contributed by atoms with van der Waals surface area (Å²) in [5, 5.41) is 11.6. The predicted octanol–water partition coefficient (Wildman–Crippen LogP) is 1.23. The van der Waals surface area contributed by atoms with Gasteiger partial charge in [0.2, 0.25) is 5.91 Å². The molecule has 0 aliphatic carbocycles. The average Bonchev–Trinajstić information content (AvgIpc) is 2.45. The van der Waals surface area contributed by atoms with Gasteiger partial charge in [-0.3, -0.25) is 4.79 Å². The molecule has 0 radical (unpaired) electrons. The number of methoxy groups -OCH3 is 2. The lowest BCUT2D eigenvalue weighted by molar-refractivity contribution is -0.141. The lowest BCUT2D eigenvalue weighted by atomic mass is 10.1. The Balaban J connectivity index is 2.88. The largest absolute Gasteiger partial charge is 0.493 e. The van der Waals surface area contributed by atoms with Crippen LogP contribution in [-0.4, -0.2) is 37.2 Å². The van der Waals surface area contributed by atoms with Crippen molar-refractivity contribution in [1.82, 2.24) is 5.32 Å². The summed E-state index contributed by atoms with van der Waals surface area (Å²) in [6.45, 7) is 1.67. The van der Waals surface area contributed by atoms with Crippen LogP contribution in [0.25, 0.3) is 0 Å². The van der Waals surface area contributed by atoms with Crippen LogP contribution < -0.4 is 14.8 Å². The number of ether oxygens (including phenoxy) is 2. The van der Waals surface area contributed by atoms with Gasteiger partial charge in [0.1, 0.15) is 6.04 Å². The molecule has 0 unspecified atom stereocenters. The third-order valence-electron chi connectivity index (χ3n) is 2.84. The van der Waals surface area contributed by atoms with Gasteiger partial charge < -0.3 is 19.9 Å². The summed E-state index contributed by atoms with van der Waals surface area (Å²) in [5.74, 6) is -0.267. The third kappa shape index (κ3) is 4.15. The van der Waals surface area contributed by atoms with Crippen molar-refractivity contribution in [1.29, 1.82) is 0 Å². The second-order valence-electron chi connectivity index (χ2n) is 4.21. The Kier molecular flexibility index (Phi) is 5.83. The van der Waals surface area contributed by atoms with E-state index < -0.39 is 12.0 Å². The van der Waals surface area contributed by atoms with E-state index in [-0.39, 0.29) is 18.7 Å². The molecular weight excluding hydrogens is 262 g/mol. The van der Waals surface area contributed by atoms with Crippen LogP contribution in [-0.2, 0) is 16.0 Å². The molecule has 6 nitrogen and oxygen atoms in total. The Hall–Kier alpha value is -2.24. The first kappa shape index (κ1) is 15.8. The lowest BCUT2D eigenvalue weighted by Crippen LogP contribution is -2.42. The zero-order valence-electron chi connectivity index (χ0n) is 11.8. The van der Waals surface area contributed by atoms with Crippen molar-refractivity contribution >= 4 is 11.9 Å². The number of amides is 1. The van der Waals surface area contributed by atoms with Crippen LogP contribution in [0.2, 0.25) is 0 Å². The summed E-state index contributed by atoms with van der Waals surface area (Å²) in [4.78, 5) is 22.5. The molecule has 0 aliphatic rings. The minimum atomic E-state index is -1.07. The van der Waals surface area contributed by atoms with Gasteiger partial charge in [-0.2, -0.15) is 0 Å². The number of benzene rings is 1. The van der Waals surface area contributed by atoms with Crippen molar-refractivity contribution in [3.63, 3.8) is 0 Å². The second-order valence-corrected chi connectivity index (χ2v) is 4.21. The molecule has 0 aromatic heterocycles.